The molecule has 0 fully saturated rings. The second-order valence-electron chi connectivity index (χ2n) is 4.33. The van der Waals surface area contributed by atoms with E-state index >= 15 is 0 Å². The number of hydrogen-bond acceptors (Lipinski definition) is 6. The van der Waals surface area contributed by atoms with Gasteiger partial charge in [0.25, 0.3) is 0 Å². The van der Waals surface area contributed by atoms with Gasteiger partial charge in [-0.1, -0.05) is 0 Å². The van der Waals surface area contributed by atoms with Crippen LogP contribution in [0.4, 0.5) is 24.0 Å². The molecule has 0 aromatic carbocycles. The monoisotopic (exact) mass is 322 g/mol. The predicted molar refractivity (Wildman–Crippen MR) is 76.3 cm³/mol. The molecule has 0 saturated heterocycles. The van der Waals surface area contributed by atoms with Crippen molar-refractivity contribution in [2.75, 3.05) is 24.2 Å². The minimum atomic E-state index is -4.18. The Kier molecular flexibility index (Phi) is 4.19. The molecule has 0 amide bonds. The summed E-state index contributed by atoms with van der Waals surface area (Å²) in [5.74, 6) is 0.304. The molecule has 20 heavy (non-hydrogen) atoms. The van der Waals surface area contributed by atoms with Crippen molar-refractivity contribution in [2.45, 2.75) is 19.5 Å². The summed E-state index contributed by atoms with van der Waals surface area (Å²) in [7, 11) is 1.60. The van der Waals surface area contributed by atoms with Gasteiger partial charge in [-0.3, -0.25) is 0 Å². The molecule has 2 aromatic rings. The first-order valence-corrected chi connectivity index (χ1v) is 7.39. The molecule has 0 radical (unpaired) electrons. The first kappa shape index (κ1) is 15.0. The van der Waals surface area contributed by atoms with Crippen molar-refractivity contribution in [3.05, 3.63) is 11.1 Å². The van der Waals surface area contributed by atoms with Gasteiger partial charge in [0.15, 0.2) is 0 Å². The third kappa shape index (κ3) is 3.40. The van der Waals surface area contributed by atoms with E-state index in [-0.39, 0.29) is 6.54 Å². The molecule has 0 aliphatic heterocycles. The Hall–Kier alpha value is -1.35. The third-order valence-electron chi connectivity index (χ3n) is 2.61. The Labute approximate surface area is 122 Å². The molecule has 110 valence electrons. The van der Waals surface area contributed by atoms with Gasteiger partial charge in [-0.2, -0.15) is 17.5 Å². The summed E-state index contributed by atoms with van der Waals surface area (Å²) >= 11 is 2.49. The maximum absolute atomic E-state index is 12.3. The highest BCUT2D eigenvalue weighted by atomic mass is 32.1. The molecule has 0 bridgehead atoms. The lowest BCUT2D eigenvalue weighted by Gasteiger charge is -2.18. The van der Waals surface area contributed by atoms with Gasteiger partial charge in [-0.25, -0.2) is 4.98 Å². The summed E-state index contributed by atoms with van der Waals surface area (Å²) in [5.41, 5.74) is 7.29. The Morgan fingerprint density at radius 2 is 2.10 bits per heavy atom. The molecule has 2 N–H and O–H groups in total. The number of anilines is 2. The summed E-state index contributed by atoms with van der Waals surface area (Å²) in [5, 5.41) is 3.16. The number of aromatic nitrogens is 2. The number of hydrogen-bond donors (Lipinski definition) is 1. The fourth-order valence-electron chi connectivity index (χ4n) is 1.62. The van der Waals surface area contributed by atoms with Gasteiger partial charge in [0.05, 0.1) is 12.0 Å². The van der Waals surface area contributed by atoms with Gasteiger partial charge < -0.3 is 10.6 Å². The van der Waals surface area contributed by atoms with Crippen LogP contribution in [0.25, 0.3) is 10.6 Å². The van der Waals surface area contributed by atoms with E-state index in [4.69, 9.17) is 5.73 Å². The summed E-state index contributed by atoms with van der Waals surface area (Å²) < 4.78 is 40.9. The van der Waals surface area contributed by atoms with Crippen molar-refractivity contribution in [3.63, 3.8) is 0 Å². The lowest BCUT2D eigenvalue weighted by atomic mass is 10.3. The van der Waals surface area contributed by atoms with Crippen molar-refractivity contribution in [2.24, 2.45) is 0 Å². The van der Waals surface area contributed by atoms with Crippen molar-refractivity contribution >= 4 is 33.7 Å². The molecule has 0 aliphatic rings. The van der Waals surface area contributed by atoms with E-state index in [9.17, 15) is 13.2 Å². The van der Waals surface area contributed by atoms with Gasteiger partial charge in [0.2, 0.25) is 0 Å². The maximum atomic E-state index is 12.3. The SMILES string of the molecule is Cc1csc(-c2c(N)nsc2N(C)CCC(F)(F)F)n1. The second kappa shape index (κ2) is 5.57. The van der Waals surface area contributed by atoms with E-state index in [0.29, 0.717) is 21.4 Å². The van der Waals surface area contributed by atoms with Crippen molar-refractivity contribution in [1.82, 2.24) is 9.36 Å². The van der Waals surface area contributed by atoms with Crippen LogP contribution >= 0.6 is 22.9 Å². The molecule has 2 heterocycles. The van der Waals surface area contributed by atoms with Crippen LogP contribution in [0.15, 0.2) is 5.38 Å². The molecule has 0 saturated carbocycles. The zero-order chi connectivity index (χ0) is 14.9. The Bertz CT molecular complexity index is 591. The standard InChI is InChI=1S/C11H13F3N4S2/c1-6-5-19-9(16-6)7-8(15)17-20-10(7)18(2)4-3-11(12,13)14/h5H,3-4H2,1-2H3,(H2,15,17). The average Bonchev–Trinajstić information content (AvgIpc) is 2.91. The molecular formula is C11H13F3N4S2. The van der Waals surface area contributed by atoms with Crippen LogP contribution in [0.1, 0.15) is 12.1 Å². The largest absolute Gasteiger partial charge is 0.390 e. The summed E-state index contributed by atoms with van der Waals surface area (Å²) in [6.07, 6.45) is -5.06. The van der Waals surface area contributed by atoms with E-state index in [1.165, 1.54) is 16.2 Å². The molecule has 0 spiro atoms. The van der Waals surface area contributed by atoms with Gasteiger partial charge in [-0.15, -0.1) is 11.3 Å². The van der Waals surface area contributed by atoms with Crippen LogP contribution < -0.4 is 10.6 Å². The number of nitrogens with zero attached hydrogens (tertiary/aromatic N) is 3. The summed E-state index contributed by atoms with van der Waals surface area (Å²) in [6, 6.07) is 0. The van der Waals surface area contributed by atoms with E-state index in [0.717, 1.165) is 17.2 Å². The molecule has 0 unspecified atom stereocenters. The molecule has 2 rings (SSSR count). The molecule has 9 heteroatoms. The highest BCUT2D eigenvalue weighted by Gasteiger charge is 2.28. The van der Waals surface area contributed by atoms with Gasteiger partial charge in [-0.05, 0) is 18.5 Å². The molecule has 0 atom stereocenters. The highest BCUT2D eigenvalue weighted by molar-refractivity contribution is 7.15. The number of halogens is 3. The first-order chi connectivity index (χ1) is 9.28. The number of alkyl halides is 3. The highest BCUT2D eigenvalue weighted by Crippen LogP contribution is 2.40. The van der Waals surface area contributed by atoms with Gasteiger partial charge >= 0.3 is 6.18 Å². The topological polar surface area (TPSA) is 55.0 Å². The number of nitrogen functional groups attached to an aromatic ring is 1. The first-order valence-electron chi connectivity index (χ1n) is 5.73. The fourth-order valence-corrected chi connectivity index (χ4v) is 3.33. The van der Waals surface area contributed by atoms with Crippen molar-refractivity contribution in [1.29, 1.82) is 0 Å². The van der Waals surface area contributed by atoms with Gasteiger partial charge in [0, 0.05) is 24.7 Å². The number of nitrogens with two attached hydrogens (primary N) is 1. The van der Waals surface area contributed by atoms with Crippen LogP contribution in [0.2, 0.25) is 0 Å². The predicted octanol–water partition coefficient (Wildman–Crippen LogP) is 3.55. The summed E-state index contributed by atoms with van der Waals surface area (Å²) in [4.78, 5) is 5.84. The zero-order valence-corrected chi connectivity index (χ0v) is 12.5. The molecular weight excluding hydrogens is 309 g/mol. The third-order valence-corrected chi connectivity index (χ3v) is 4.57. The normalized spacial score (nSPS) is 11.8. The van der Waals surface area contributed by atoms with Crippen LogP contribution in [0, 0.1) is 6.92 Å². The van der Waals surface area contributed by atoms with Crippen LogP contribution in [0.5, 0.6) is 0 Å². The van der Waals surface area contributed by atoms with E-state index < -0.39 is 12.6 Å². The smallest absolute Gasteiger partial charge is 0.382 e. The molecule has 0 aliphatic carbocycles. The number of aryl methyl sites for hydroxylation is 1. The minimum absolute atomic E-state index is 0.136. The van der Waals surface area contributed by atoms with Gasteiger partial charge in [0.1, 0.15) is 15.8 Å². The van der Waals surface area contributed by atoms with E-state index in [1.54, 1.807) is 7.05 Å². The fraction of sp³-hybridized carbons (Fsp3) is 0.455. The van der Waals surface area contributed by atoms with E-state index in [1.807, 2.05) is 12.3 Å². The lowest BCUT2D eigenvalue weighted by Crippen LogP contribution is -2.23. The van der Waals surface area contributed by atoms with Crippen LogP contribution in [0.3, 0.4) is 0 Å². The number of thiazole rings is 1. The van der Waals surface area contributed by atoms with Crippen molar-refractivity contribution < 1.29 is 13.2 Å². The maximum Gasteiger partial charge on any atom is 0.390 e. The Morgan fingerprint density at radius 3 is 2.65 bits per heavy atom. The zero-order valence-electron chi connectivity index (χ0n) is 10.9. The van der Waals surface area contributed by atoms with Crippen LogP contribution in [-0.4, -0.2) is 29.1 Å². The summed E-state index contributed by atoms with van der Waals surface area (Å²) in [6.45, 7) is 1.71. The Balaban J connectivity index is 2.25. The van der Waals surface area contributed by atoms with Crippen molar-refractivity contribution in [3.8, 4) is 10.6 Å². The lowest BCUT2D eigenvalue weighted by molar-refractivity contribution is -0.132. The molecule has 2 aromatic heterocycles. The quantitative estimate of drug-likeness (QED) is 0.935. The number of rotatable bonds is 4. The average molecular weight is 322 g/mol. The second-order valence-corrected chi connectivity index (χ2v) is 5.94. The molecule has 4 nitrogen and oxygen atoms in total. The van der Waals surface area contributed by atoms with Crippen LogP contribution in [-0.2, 0) is 0 Å². The minimum Gasteiger partial charge on any atom is -0.382 e. The van der Waals surface area contributed by atoms with E-state index in [2.05, 4.69) is 9.36 Å². The Morgan fingerprint density at radius 1 is 1.40 bits per heavy atom.